The predicted molar refractivity (Wildman–Crippen MR) is 79.4 cm³/mol. The highest BCUT2D eigenvalue weighted by atomic mass is 79.9. The lowest BCUT2D eigenvalue weighted by Crippen LogP contribution is -2.31. The number of hydrogen-bond donors (Lipinski definition) is 1. The van der Waals surface area contributed by atoms with E-state index in [1.54, 1.807) is 6.07 Å². The molecule has 0 saturated carbocycles. The molecule has 0 amide bonds. The van der Waals surface area contributed by atoms with E-state index < -0.39 is 0 Å². The first kappa shape index (κ1) is 15.6. The summed E-state index contributed by atoms with van der Waals surface area (Å²) in [5, 5.41) is 3.45. The van der Waals surface area contributed by atoms with E-state index in [1.807, 2.05) is 6.07 Å². The zero-order valence-electron chi connectivity index (χ0n) is 11.3. The molecule has 0 aromatic heterocycles. The van der Waals surface area contributed by atoms with Crippen molar-refractivity contribution in [3.8, 4) is 0 Å². The molecule has 102 valence electrons. The number of benzene rings is 1. The van der Waals surface area contributed by atoms with Gasteiger partial charge in [-0.05, 0) is 43.1 Å². The van der Waals surface area contributed by atoms with Crippen LogP contribution in [0.1, 0.15) is 45.1 Å². The molecule has 0 aliphatic carbocycles. The van der Waals surface area contributed by atoms with Crippen molar-refractivity contribution >= 4 is 15.9 Å². The maximum Gasteiger partial charge on any atom is 0.126 e. The van der Waals surface area contributed by atoms with Crippen LogP contribution in [-0.2, 0) is 6.42 Å². The molecule has 0 radical (unpaired) electrons. The van der Waals surface area contributed by atoms with E-state index in [1.165, 1.54) is 25.3 Å². The van der Waals surface area contributed by atoms with Crippen molar-refractivity contribution in [2.24, 2.45) is 0 Å². The van der Waals surface area contributed by atoms with Crippen LogP contribution in [0.15, 0.2) is 22.7 Å². The fourth-order valence-corrected chi connectivity index (χ4v) is 2.58. The van der Waals surface area contributed by atoms with Crippen LogP contribution >= 0.6 is 15.9 Å². The average molecular weight is 316 g/mol. The minimum absolute atomic E-state index is 0.100. The standard InChI is InChI=1S/C15H23BrFN/c1-3-5-6-7-14(18-4-2)11-12-10-13(16)8-9-15(12)17/h8-10,14,18H,3-7,11H2,1-2H3. The second-order valence-corrected chi connectivity index (χ2v) is 5.61. The van der Waals surface area contributed by atoms with Gasteiger partial charge in [-0.15, -0.1) is 0 Å². The van der Waals surface area contributed by atoms with E-state index in [2.05, 4.69) is 35.1 Å². The van der Waals surface area contributed by atoms with Crippen LogP contribution in [0.3, 0.4) is 0 Å². The van der Waals surface area contributed by atoms with Crippen molar-refractivity contribution in [3.05, 3.63) is 34.1 Å². The summed E-state index contributed by atoms with van der Waals surface area (Å²) in [5.74, 6) is -0.100. The Morgan fingerprint density at radius 2 is 2.06 bits per heavy atom. The SMILES string of the molecule is CCCCCC(Cc1cc(Br)ccc1F)NCC. The summed E-state index contributed by atoms with van der Waals surface area (Å²) in [4.78, 5) is 0. The first-order valence-corrected chi connectivity index (χ1v) is 7.64. The zero-order chi connectivity index (χ0) is 13.4. The van der Waals surface area contributed by atoms with Crippen molar-refractivity contribution in [2.45, 2.75) is 52.0 Å². The Bertz CT molecular complexity index is 354. The number of likely N-dealkylation sites (N-methyl/N-ethyl adjacent to an activating group) is 1. The molecule has 1 atom stereocenters. The van der Waals surface area contributed by atoms with Gasteiger partial charge in [0.2, 0.25) is 0 Å². The predicted octanol–water partition coefficient (Wildman–Crippen LogP) is 4.69. The summed E-state index contributed by atoms with van der Waals surface area (Å²) in [7, 11) is 0. The largest absolute Gasteiger partial charge is 0.314 e. The van der Waals surface area contributed by atoms with Crippen molar-refractivity contribution < 1.29 is 4.39 Å². The second kappa shape index (κ2) is 8.65. The molecule has 1 N–H and O–H groups in total. The molecule has 1 unspecified atom stereocenters. The summed E-state index contributed by atoms with van der Waals surface area (Å²) in [6.45, 7) is 5.24. The van der Waals surface area contributed by atoms with Gasteiger partial charge in [-0.2, -0.15) is 0 Å². The lowest BCUT2D eigenvalue weighted by molar-refractivity contribution is 0.458. The van der Waals surface area contributed by atoms with Crippen molar-refractivity contribution in [2.75, 3.05) is 6.54 Å². The first-order chi connectivity index (χ1) is 8.67. The van der Waals surface area contributed by atoms with E-state index in [4.69, 9.17) is 0 Å². The Morgan fingerprint density at radius 1 is 1.28 bits per heavy atom. The average Bonchev–Trinajstić information content (AvgIpc) is 2.34. The van der Waals surface area contributed by atoms with Crippen LogP contribution in [-0.4, -0.2) is 12.6 Å². The summed E-state index contributed by atoms with van der Waals surface area (Å²) in [5.41, 5.74) is 0.798. The van der Waals surface area contributed by atoms with Crippen LogP contribution < -0.4 is 5.32 Å². The second-order valence-electron chi connectivity index (χ2n) is 4.69. The van der Waals surface area contributed by atoms with Crippen molar-refractivity contribution in [1.29, 1.82) is 0 Å². The van der Waals surface area contributed by atoms with Crippen LogP contribution in [0, 0.1) is 5.82 Å². The van der Waals surface area contributed by atoms with Gasteiger partial charge in [0, 0.05) is 10.5 Å². The van der Waals surface area contributed by atoms with E-state index in [0.717, 1.165) is 29.4 Å². The normalized spacial score (nSPS) is 12.7. The minimum atomic E-state index is -0.100. The molecule has 0 bridgehead atoms. The third kappa shape index (κ3) is 5.49. The Morgan fingerprint density at radius 3 is 2.72 bits per heavy atom. The van der Waals surface area contributed by atoms with Crippen LogP contribution in [0.2, 0.25) is 0 Å². The molecule has 0 spiro atoms. The van der Waals surface area contributed by atoms with Gasteiger partial charge in [-0.1, -0.05) is 49.0 Å². The number of nitrogens with one attached hydrogen (secondary N) is 1. The Kier molecular flexibility index (Phi) is 7.52. The monoisotopic (exact) mass is 315 g/mol. The lowest BCUT2D eigenvalue weighted by Gasteiger charge is -2.18. The summed E-state index contributed by atoms with van der Waals surface area (Å²) < 4.78 is 14.7. The van der Waals surface area contributed by atoms with Crippen LogP contribution in [0.5, 0.6) is 0 Å². The Balaban J connectivity index is 2.60. The Hall–Kier alpha value is -0.410. The molecule has 3 heteroatoms. The summed E-state index contributed by atoms with van der Waals surface area (Å²) in [6, 6.07) is 5.55. The molecule has 1 aromatic rings. The van der Waals surface area contributed by atoms with Gasteiger partial charge in [-0.3, -0.25) is 0 Å². The molecule has 0 fully saturated rings. The molecule has 1 nitrogen and oxygen atoms in total. The Labute approximate surface area is 118 Å². The van der Waals surface area contributed by atoms with Crippen molar-refractivity contribution in [3.63, 3.8) is 0 Å². The van der Waals surface area contributed by atoms with Gasteiger partial charge in [0.15, 0.2) is 0 Å². The summed E-state index contributed by atoms with van der Waals surface area (Å²) in [6.07, 6.45) is 5.58. The van der Waals surface area contributed by atoms with Gasteiger partial charge in [0.25, 0.3) is 0 Å². The molecule has 0 saturated heterocycles. The van der Waals surface area contributed by atoms with Gasteiger partial charge in [0.1, 0.15) is 5.82 Å². The van der Waals surface area contributed by atoms with Crippen LogP contribution in [0.25, 0.3) is 0 Å². The maximum atomic E-state index is 13.7. The van der Waals surface area contributed by atoms with Gasteiger partial charge in [-0.25, -0.2) is 4.39 Å². The third-order valence-electron chi connectivity index (χ3n) is 3.12. The number of rotatable bonds is 8. The summed E-state index contributed by atoms with van der Waals surface area (Å²) >= 11 is 3.40. The fourth-order valence-electron chi connectivity index (χ4n) is 2.17. The number of hydrogen-bond acceptors (Lipinski definition) is 1. The van der Waals surface area contributed by atoms with Gasteiger partial charge >= 0.3 is 0 Å². The topological polar surface area (TPSA) is 12.0 Å². The van der Waals surface area contributed by atoms with E-state index in [-0.39, 0.29) is 5.82 Å². The molecule has 1 rings (SSSR count). The van der Waals surface area contributed by atoms with Gasteiger partial charge < -0.3 is 5.32 Å². The molecular formula is C15H23BrFN. The lowest BCUT2D eigenvalue weighted by atomic mass is 10.00. The highest BCUT2D eigenvalue weighted by molar-refractivity contribution is 9.10. The van der Waals surface area contributed by atoms with Crippen molar-refractivity contribution in [1.82, 2.24) is 5.32 Å². The number of halogens is 2. The van der Waals surface area contributed by atoms with E-state index in [0.29, 0.717) is 6.04 Å². The third-order valence-corrected chi connectivity index (χ3v) is 3.62. The fraction of sp³-hybridized carbons (Fsp3) is 0.600. The van der Waals surface area contributed by atoms with Crippen LogP contribution in [0.4, 0.5) is 4.39 Å². The first-order valence-electron chi connectivity index (χ1n) is 6.84. The minimum Gasteiger partial charge on any atom is -0.314 e. The molecule has 1 aromatic carbocycles. The van der Waals surface area contributed by atoms with Gasteiger partial charge in [0.05, 0.1) is 0 Å². The smallest absolute Gasteiger partial charge is 0.126 e. The molecule has 0 aliphatic heterocycles. The molecule has 18 heavy (non-hydrogen) atoms. The van der Waals surface area contributed by atoms with E-state index >= 15 is 0 Å². The quantitative estimate of drug-likeness (QED) is 0.686. The molecular weight excluding hydrogens is 293 g/mol. The number of unbranched alkanes of at least 4 members (excludes halogenated alkanes) is 2. The molecule has 0 heterocycles. The zero-order valence-corrected chi connectivity index (χ0v) is 12.9. The molecule has 0 aliphatic rings. The van der Waals surface area contributed by atoms with E-state index in [9.17, 15) is 4.39 Å². The highest BCUT2D eigenvalue weighted by Gasteiger charge is 2.11. The maximum absolute atomic E-state index is 13.7. The highest BCUT2D eigenvalue weighted by Crippen LogP contribution is 2.18.